The zero-order valence-electron chi connectivity index (χ0n) is 18.8. The monoisotopic (exact) mass is 568 g/mol. The number of carbonyl (C=O) groups excluding carboxylic acids is 1. The number of nitrogen functional groups attached to an aromatic ring is 1. The van der Waals surface area contributed by atoms with Gasteiger partial charge in [0, 0.05) is 39.1 Å². The number of amides is 1. The van der Waals surface area contributed by atoms with Crippen LogP contribution in [0.1, 0.15) is 37.4 Å². The molecule has 178 valence electrons. The Hall–Kier alpha value is -2.88. The van der Waals surface area contributed by atoms with Gasteiger partial charge in [0.15, 0.2) is 5.96 Å². The lowest BCUT2D eigenvalue weighted by Crippen LogP contribution is -2.45. The molecule has 2 heterocycles. The zero-order chi connectivity index (χ0) is 23.1. The molecule has 0 spiro atoms. The van der Waals surface area contributed by atoms with Crippen LogP contribution in [0.15, 0.2) is 29.3 Å². The molecule has 9 nitrogen and oxygen atoms in total. The summed E-state index contributed by atoms with van der Waals surface area (Å²) in [6.07, 6.45) is 2.66. The molecule has 2 aromatic rings. The van der Waals surface area contributed by atoms with E-state index in [1.165, 1.54) is 16.8 Å². The predicted octanol–water partition coefficient (Wildman–Crippen LogP) is 2.19. The Morgan fingerprint density at radius 1 is 1.39 bits per heavy atom. The van der Waals surface area contributed by atoms with E-state index in [0.717, 1.165) is 13.0 Å². The lowest BCUT2D eigenvalue weighted by molar-refractivity contribution is -0.129. The number of benzene rings is 1. The molecule has 1 fully saturated rings. The Balaban J connectivity index is 0.00000385. The van der Waals surface area contributed by atoms with Crippen molar-refractivity contribution in [3.8, 4) is 11.8 Å². The molecule has 1 aliphatic rings. The highest BCUT2D eigenvalue weighted by molar-refractivity contribution is 14.0. The maximum Gasteiger partial charge on any atom is 0.222 e. The molecule has 1 aromatic heterocycles. The van der Waals surface area contributed by atoms with Crippen molar-refractivity contribution < 1.29 is 9.18 Å². The third-order valence-corrected chi connectivity index (χ3v) is 5.47. The molecule has 1 amide bonds. The second kappa shape index (κ2) is 12.4. The standard InChI is InChI=1S/C22H29FN8O.HI/c1-3-20(32)30-12-10-16(14-30)28-22(26-2)27-11-4-5-19-18(13-24)21(25)31(29-19)17-8-6-15(23)7-9-17;/h6-9,16H,3-5,10-12,14,25H2,1-2H3,(H2,26,27,28);1H. The number of aryl methyl sites for hydroxylation is 1. The van der Waals surface area contributed by atoms with Gasteiger partial charge in [-0.15, -0.1) is 24.0 Å². The number of carbonyl (C=O) groups is 1. The lowest BCUT2D eigenvalue weighted by atomic mass is 10.1. The SMILES string of the molecule is CCC(=O)N1CCC(NC(=NC)NCCCc2nn(-c3ccc(F)cc3)c(N)c2C#N)C1.I. The molecule has 0 bridgehead atoms. The fraction of sp³-hybridized carbons (Fsp3) is 0.455. The molecule has 1 atom stereocenters. The molecule has 1 aliphatic heterocycles. The molecule has 4 N–H and O–H groups in total. The average Bonchev–Trinajstić information content (AvgIpc) is 3.40. The Kier molecular flexibility index (Phi) is 9.90. The number of aliphatic imine (C=N–C) groups is 1. The highest BCUT2D eigenvalue weighted by atomic mass is 127. The zero-order valence-corrected chi connectivity index (χ0v) is 21.2. The van der Waals surface area contributed by atoms with Crippen molar-refractivity contribution >= 4 is 41.7 Å². The Morgan fingerprint density at radius 3 is 2.76 bits per heavy atom. The summed E-state index contributed by atoms with van der Waals surface area (Å²) >= 11 is 0. The normalized spacial score (nSPS) is 15.6. The molecule has 0 aliphatic carbocycles. The molecule has 1 aromatic carbocycles. The van der Waals surface area contributed by atoms with Crippen LogP contribution in [-0.4, -0.2) is 59.3 Å². The first kappa shape index (κ1) is 26.4. The minimum absolute atomic E-state index is 0. The summed E-state index contributed by atoms with van der Waals surface area (Å²) in [5.41, 5.74) is 7.64. The molecule has 33 heavy (non-hydrogen) atoms. The van der Waals surface area contributed by atoms with Crippen molar-refractivity contribution in [3.63, 3.8) is 0 Å². The maximum absolute atomic E-state index is 13.2. The number of nitrogens with two attached hydrogens (primary N) is 1. The van der Waals surface area contributed by atoms with E-state index in [4.69, 9.17) is 5.73 Å². The van der Waals surface area contributed by atoms with Crippen LogP contribution in [0.25, 0.3) is 5.69 Å². The van der Waals surface area contributed by atoms with Gasteiger partial charge in [0.1, 0.15) is 23.3 Å². The highest BCUT2D eigenvalue weighted by Gasteiger charge is 2.25. The van der Waals surface area contributed by atoms with Crippen molar-refractivity contribution in [2.24, 2.45) is 4.99 Å². The molecular formula is C22H30FIN8O. The van der Waals surface area contributed by atoms with Crippen LogP contribution >= 0.6 is 24.0 Å². The van der Waals surface area contributed by atoms with Gasteiger partial charge in [0.2, 0.25) is 5.91 Å². The van der Waals surface area contributed by atoms with Crippen LogP contribution in [0.3, 0.4) is 0 Å². The van der Waals surface area contributed by atoms with E-state index in [9.17, 15) is 14.4 Å². The van der Waals surface area contributed by atoms with Crippen LogP contribution in [0.4, 0.5) is 10.2 Å². The van der Waals surface area contributed by atoms with Crippen molar-refractivity contribution in [1.82, 2.24) is 25.3 Å². The Morgan fingerprint density at radius 2 is 2.12 bits per heavy atom. The van der Waals surface area contributed by atoms with Crippen LogP contribution < -0.4 is 16.4 Å². The first-order chi connectivity index (χ1) is 15.5. The molecule has 1 unspecified atom stereocenters. The minimum atomic E-state index is -0.351. The first-order valence-corrected chi connectivity index (χ1v) is 10.7. The molecule has 0 radical (unpaired) electrons. The van der Waals surface area contributed by atoms with Crippen LogP contribution in [0, 0.1) is 17.1 Å². The molecule has 11 heteroatoms. The highest BCUT2D eigenvalue weighted by Crippen LogP contribution is 2.21. The summed E-state index contributed by atoms with van der Waals surface area (Å²) in [4.78, 5) is 18.0. The third-order valence-electron chi connectivity index (χ3n) is 5.47. The van der Waals surface area contributed by atoms with E-state index < -0.39 is 0 Å². The fourth-order valence-corrected chi connectivity index (χ4v) is 3.73. The fourth-order valence-electron chi connectivity index (χ4n) is 3.73. The Labute approximate surface area is 210 Å². The molecule has 1 saturated heterocycles. The number of nitriles is 1. The second-order valence-corrected chi connectivity index (χ2v) is 7.63. The number of hydrogen-bond acceptors (Lipinski definition) is 5. The number of nitrogens with zero attached hydrogens (tertiary/aromatic N) is 5. The number of likely N-dealkylation sites (tertiary alicyclic amines) is 1. The number of nitrogens with one attached hydrogen (secondary N) is 2. The van der Waals surface area contributed by atoms with E-state index in [-0.39, 0.29) is 47.6 Å². The van der Waals surface area contributed by atoms with Gasteiger partial charge in [-0.25, -0.2) is 9.07 Å². The van der Waals surface area contributed by atoms with Crippen molar-refractivity contribution in [3.05, 3.63) is 41.3 Å². The quantitative estimate of drug-likeness (QED) is 0.204. The predicted molar refractivity (Wildman–Crippen MR) is 136 cm³/mol. The third kappa shape index (κ3) is 6.56. The molecule has 0 saturated carbocycles. The molecular weight excluding hydrogens is 538 g/mol. The summed E-state index contributed by atoms with van der Waals surface area (Å²) in [5.74, 6) is 0.741. The maximum atomic E-state index is 13.2. The van der Waals surface area contributed by atoms with Crippen molar-refractivity contribution in [1.29, 1.82) is 5.26 Å². The largest absolute Gasteiger partial charge is 0.382 e. The summed E-state index contributed by atoms with van der Waals surface area (Å²) in [6, 6.07) is 8.08. The van der Waals surface area contributed by atoms with Crippen molar-refractivity contribution in [2.75, 3.05) is 32.4 Å². The van der Waals surface area contributed by atoms with Gasteiger partial charge in [0.25, 0.3) is 0 Å². The van der Waals surface area contributed by atoms with Crippen molar-refractivity contribution in [2.45, 2.75) is 38.6 Å². The van der Waals surface area contributed by atoms with Crippen LogP contribution in [0.5, 0.6) is 0 Å². The topological polar surface area (TPSA) is 124 Å². The van der Waals surface area contributed by atoms with E-state index >= 15 is 0 Å². The van der Waals surface area contributed by atoms with Crippen LogP contribution in [-0.2, 0) is 11.2 Å². The van der Waals surface area contributed by atoms with Gasteiger partial charge >= 0.3 is 0 Å². The number of rotatable bonds is 7. The number of halogens is 2. The van der Waals surface area contributed by atoms with Gasteiger partial charge in [0.05, 0.1) is 11.4 Å². The smallest absolute Gasteiger partial charge is 0.222 e. The summed E-state index contributed by atoms with van der Waals surface area (Å²) in [7, 11) is 1.71. The molecule has 3 rings (SSSR count). The van der Waals surface area contributed by atoms with E-state index in [2.05, 4.69) is 26.8 Å². The van der Waals surface area contributed by atoms with Gasteiger partial charge in [-0.3, -0.25) is 9.79 Å². The summed E-state index contributed by atoms with van der Waals surface area (Å²) in [5, 5.41) is 20.6. The van der Waals surface area contributed by atoms with Gasteiger partial charge < -0.3 is 21.3 Å². The van der Waals surface area contributed by atoms with E-state index in [1.54, 1.807) is 19.2 Å². The average molecular weight is 568 g/mol. The summed E-state index contributed by atoms with van der Waals surface area (Å²) in [6.45, 7) is 3.94. The minimum Gasteiger partial charge on any atom is -0.382 e. The van der Waals surface area contributed by atoms with Crippen LogP contribution in [0.2, 0.25) is 0 Å². The first-order valence-electron chi connectivity index (χ1n) is 10.7. The lowest BCUT2D eigenvalue weighted by Gasteiger charge is -2.18. The number of guanidine groups is 1. The van der Waals surface area contributed by atoms with Gasteiger partial charge in [-0.05, 0) is 43.5 Å². The number of hydrogen-bond donors (Lipinski definition) is 3. The van der Waals surface area contributed by atoms with E-state index in [1.807, 2.05) is 11.8 Å². The number of aromatic nitrogens is 2. The van der Waals surface area contributed by atoms with Gasteiger partial charge in [-0.1, -0.05) is 6.92 Å². The second-order valence-electron chi connectivity index (χ2n) is 7.63. The van der Waals surface area contributed by atoms with Gasteiger partial charge in [-0.2, -0.15) is 10.4 Å². The summed E-state index contributed by atoms with van der Waals surface area (Å²) < 4.78 is 14.7. The van der Waals surface area contributed by atoms with E-state index in [0.29, 0.717) is 55.3 Å². The number of anilines is 1. The Bertz CT molecular complexity index is 1010.